The highest BCUT2D eigenvalue weighted by atomic mass is 32.1. The molecule has 6 rings (SSSR count). The highest BCUT2D eigenvalue weighted by Crippen LogP contribution is 2.24. The molecule has 3 heterocycles. The Morgan fingerprint density at radius 2 is 1.77 bits per heavy atom. The lowest BCUT2D eigenvalue weighted by Gasteiger charge is -2.07. The smallest absolute Gasteiger partial charge is 0.273 e. The molecule has 0 aliphatic carbocycles. The number of hydrogen-bond acceptors (Lipinski definition) is 6. The van der Waals surface area contributed by atoms with Crippen LogP contribution in [0.25, 0.3) is 34.3 Å². The van der Waals surface area contributed by atoms with Gasteiger partial charge in [0, 0.05) is 29.7 Å². The summed E-state index contributed by atoms with van der Waals surface area (Å²) in [6, 6.07) is 28.0. The number of thiazole rings is 1. The summed E-state index contributed by atoms with van der Waals surface area (Å²) in [7, 11) is 0. The van der Waals surface area contributed by atoms with Gasteiger partial charge >= 0.3 is 0 Å². The van der Waals surface area contributed by atoms with Crippen LogP contribution in [0, 0.1) is 24.1 Å². The Morgan fingerprint density at radius 1 is 1.00 bits per heavy atom. The zero-order valence-electron chi connectivity index (χ0n) is 23.3. The SMILES string of the molecule is Cc1cccc(-n2c(=C(C#N)C(=O)Nc3ccccc3F)sc(=Cc3cn(-c4ccccc4)nc3-c3cccnc3)c2=O)c1. The van der Waals surface area contributed by atoms with Crippen LogP contribution in [0.5, 0.6) is 0 Å². The van der Waals surface area contributed by atoms with Crippen LogP contribution in [0.1, 0.15) is 11.1 Å². The average molecular weight is 599 g/mol. The van der Waals surface area contributed by atoms with Gasteiger partial charge in [0.1, 0.15) is 22.2 Å². The maximum absolute atomic E-state index is 14.3. The molecule has 0 radical (unpaired) electrons. The van der Waals surface area contributed by atoms with Gasteiger partial charge in [0.25, 0.3) is 11.5 Å². The van der Waals surface area contributed by atoms with Crippen LogP contribution in [0.4, 0.5) is 10.1 Å². The molecule has 0 unspecified atom stereocenters. The number of carbonyl (C=O) groups is 1. The second-order valence-electron chi connectivity index (χ2n) is 9.77. The van der Waals surface area contributed by atoms with Crippen LogP contribution >= 0.6 is 11.3 Å². The highest BCUT2D eigenvalue weighted by molar-refractivity contribution is 7.07. The number of halogens is 1. The molecule has 0 fully saturated rings. The Bertz CT molecular complexity index is 2230. The molecule has 6 aromatic rings. The predicted molar refractivity (Wildman–Crippen MR) is 168 cm³/mol. The molecule has 3 aromatic carbocycles. The monoisotopic (exact) mass is 598 g/mol. The lowest BCUT2D eigenvalue weighted by molar-refractivity contribution is -0.111. The van der Waals surface area contributed by atoms with E-state index in [9.17, 15) is 19.2 Å². The van der Waals surface area contributed by atoms with Gasteiger partial charge in [-0.05, 0) is 67.1 Å². The van der Waals surface area contributed by atoms with Gasteiger partial charge in [0.05, 0.1) is 21.6 Å². The summed E-state index contributed by atoms with van der Waals surface area (Å²) in [6.45, 7) is 1.88. The maximum Gasteiger partial charge on any atom is 0.273 e. The summed E-state index contributed by atoms with van der Waals surface area (Å²) in [5, 5.41) is 17.4. The van der Waals surface area contributed by atoms with Crippen molar-refractivity contribution in [3.63, 3.8) is 0 Å². The fraction of sp³-hybridized carbons (Fsp3) is 0.0294. The number of amides is 1. The number of aromatic nitrogens is 4. The average Bonchev–Trinajstić information content (AvgIpc) is 3.60. The number of hydrogen-bond donors (Lipinski definition) is 1. The van der Waals surface area contributed by atoms with Crippen LogP contribution in [-0.2, 0) is 4.79 Å². The Kier molecular flexibility index (Phi) is 7.78. The Morgan fingerprint density at radius 3 is 2.50 bits per heavy atom. The van der Waals surface area contributed by atoms with E-state index in [0.29, 0.717) is 16.9 Å². The first-order chi connectivity index (χ1) is 21.4. The largest absolute Gasteiger partial charge is 0.319 e. The third-order valence-electron chi connectivity index (χ3n) is 6.74. The van der Waals surface area contributed by atoms with E-state index < -0.39 is 17.3 Å². The molecule has 8 nitrogen and oxygen atoms in total. The van der Waals surface area contributed by atoms with E-state index in [1.54, 1.807) is 53.5 Å². The molecule has 0 aliphatic rings. The molecule has 3 aromatic heterocycles. The van der Waals surface area contributed by atoms with E-state index in [-0.39, 0.29) is 20.5 Å². The molecule has 1 amide bonds. The first kappa shape index (κ1) is 28.2. The summed E-state index contributed by atoms with van der Waals surface area (Å²) in [6.07, 6.45) is 6.86. The van der Waals surface area contributed by atoms with Crippen molar-refractivity contribution in [3.8, 4) is 28.7 Å². The van der Waals surface area contributed by atoms with Crippen molar-refractivity contribution >= 4 is 34.6 Å². The van der Waals surface area contributed by atoms with E-state index in [1.165, 1.54) is 22.8 Å². The molecule has 0 atom stereocenters. The number of nitrogens with one attached hydrogen (secondary N) is 1. The second kappa shape index (κ2) is 12.1. The van der Waals surface area contributed by atoms with Crippen LogP contribution in [0.3, 0.4) is 0 Å². The molecule has 1 N–H and O–H groups in total. The molecule has 0 bridgehead atoms. The lowest BCUT2D eigenvalue weighted by atomic mass is 10.1. The van der Waals surface area contributed by atoms with Gasteiger partial charge in [-0.15, -0.1) is 11.3 Å². The molecule has 10 heteroatoms. The predicted octanol–water partition coefficient (Wildman–Crippen LogP) is 4.74. The van der Waals surface area contributed by atoms with E-state index in [2.05, 4.69) is 10.3 Å². The standard InChI is InChI=1S/C34H23FN6O2S/c1-22-9-7-13-26(17-22)41-33(43)30(44-34(41)27(19-36)32(42)38-29-15-6-5-14-28(29)35)18-24-21-40(25-11-3-2-4-12-25)39-31(24)23-10-8-16-37-20-23/h2-18,20-21H,1H3,(H,38,42). The molecule has 0 saturated carbocycles. The number of para-hydroxylation sites is 2. The maximum atomic E-state index is 14.3. The number of rotatable bonds is 6. The van der Waals surface area contributed by atoms with Crippen LogP contribution < -0.4 is 20.1 Å². The first-order valence-corrected chi connectivity index (χ1v) is 14.3. The number of nitrogens with zero attached hydrogens (tertiary/aromatic N) is 5. The number of carbonyl (C=O) groups excluding carboxylic acids is 1. The summed E-state index contributed by atoms with van der Waals surface area (Å²) in [5.41, 5.74) is 3.35. The summed E-state index contributed by atoms with van der Waals surface area (Å²) in [4.78, 5) is 31.7. The van der Waals surface area contributed by atoms with Crippen LogP contribution in [0.2, 0.25) is 0 Å². The van der Waals surface area contributed by atoms with Crippen molar-refractivity contribution in [2.45, 2.75) is 6.92 Å². The topological polar surface area (TPSA) is 106 Å². The molecule has 214 valence electrons. The highest BCUT2D eigenvalue weighted by Gasteiger charge is 2.19. The molecule has 0 saturated heterocycles. The minimum absolute atomic E-state index is 0.0764. The van der Waals surface area contributed by atoms with Crippen molar-refractivity contribution < 1.29 is 9.18 Å². The third-order valence-corrected chi connectivity index (χ3v) is 7.84. The Balaban J connectivity index is 1.60. The fourth-order valence-corrected chi connectivity index (χ4v) is 5.76. The Labute approximate surface area is 254 Å². The van der Waals surface area contributed by atoms with E-state index in [0.717, 1.165) is 28.2 Å². The van der Waals surface area contributed by atoms with Crippen molar-refractivity contribution in [3.05, 3.63) is 146 Å². The summed E-state index contributed by atoms with van der Waals surface area (Å²) < 4.78 is 17.8. The lowest BCUT2D eigenvalue weighted by Crippen LogP contribution is -2.32. The minimum Gasteiger partial charge on any atom is -0.319 e. The van der Waals surface area contributed by atoms with Gasteiger partial charge in [0.15, 0.2) is 5.57 Å². The third kappa shape index (κ3) is 5.60. The fourth-order valence-electron chi connectivity index (χ4n) is 4.67. The van der Waals surface area contributed by atoms with Gasteiger partial charge in [-0.1, -0.05) is 42.5 Å². The molecular formula is C34H23FN6O2S. The van der Waals surface area contributed by atoms with Crippen LogP contribution in [-0.4, -0.2) is 25.2 Å². The van der Waals surface area contributed by atoms with E-state index >= 15 is 0 Å². The number of pyridine rings is 1. The zero-order valence-corrected chi connectivity index (χ0v) is 24.1. The molecule has 0 aliphatic heterocycles. The normalized spacial score (nSPS) is 12.1. The van der Waals surface area contributed by atoms with Gasteiger partial charge in [-0.3, -0.25) is 19.1 Å². The van der Waals surface area contributed by atoms with Crippen molar-refractivity contribution in [1.29, 1.82) is 5.26 Å². The van der Waals surface area contributed by atoms with E-state index in [4.69, 9.17) is 5.10 Å². The minimum atomic E-state index is -0.834. The molecular weight excluding hydrogens is 575 g/mol. The van der Waals surface area contributed by atoms with Crippen molar-refractivity contribution in [2.24, 2.45) is 0 Å². The van der Waals surface area contributed by atoms with Crippen molar-refractivity contribution in [1.82, 2.24) is 19.3 Å². The van der Waals surface area contributed by atoms with Gasteiger partial charge in [-0.25, -0.2) is 9.07 Å². The van der Waals surface area contributed by atoms with Gasteiger partial charge < -0.3 is 5.32 Å². The zero-order chi connectivity index (χ0) is 30.6. The first-order valence-electron chi connectivity index (χ1n) is 13.5. The quantitative estimate of drug-likeness (QED) is 0.298. The number of benzene rings is 3. The van der Waals surface area contributed by atoms with Crippen LogP contribution in [0.15, 0.2) is 114 Å². The van der Waals surface area contributed by atoms with E-state index in [1.807, 2.05) is 61.7 Å². The summed E-state index contributed by atoms with van der Waals surface area (Å²) in [5.74, 6) is -1.48. The molecule has 0 spiro atoms. The molecule has 44 heavy (non-hydrogen) atoms. The number of anilines is 1. The number of aryl methyl sites for hydroxylation is 1. The van der Waals surface area contributed by atoms with Crippen molar-refractivity contribution in [2.75, 3.05) is 5.32 Å². The Hall–Kier alpha value is -5.92. The van der Waals surface area contributed by atoms with Gasteiger partial charge in [-0.2, -0.15) is 10.4 Å². The summed E-state index contributed by atoms with van der Waals surface area (Å²) >= 11 is 0.995. The van der Waals surface area contributed by atoms with Gasteiger partial charge in [0.2, 0.25) is 0 Å². The number of nitriles is 1. The second-order valence-corrected chi connectivity index (χ2v) is 10.8.